The quantitative estimate of drug-likeness (QED) is 0.292. The maximum absolute atomic E-state index is 13.7. The van der Waals surface area contributed by atoms with Gasteiger partial charge in [0.25, 0.3) is 0 Å². The molecule has 1 fully saturated rings. The molecule has 3 heterocycles. The Bertz CT molecular complexity index is 1450. The average molecular weight is 531 g/mol. The number of carbonyl (C=O) groups is 1. The van der Waals surface area contributed by atoms with Crippen LogP contribution in [-0.2, 0) is 6.54 Å². The minimum atomic E-state index is -0.931. The Morgan fingerprint density at radius 2 is 1.95 bits per heavy atom. The zero-order valence-electron chi connectivity index (χ0n) is 22.0. The first-order valence-corrected chi connectivity index (χ1v) is 13.2. The van der Waals surface area contributed by atoms with Crippen LogP contribution in [0.4, 0.5) is 15.0 Å². The summed E-state index contributed by atoms with van der Waals surface area (Å²) in [6.07, 6.45) is 3.33. The Morgan fingerprint density at radius 1 is 1.13 bits per heavy atom. The second kappa shape index (κ2) is 11.6. The van der Waals surface area contributed by atoms with Gasteiger partial charge in [-0.15, -0.1) is 0 Å². The van der Waals surface area contributed by atoms with E-state index in [9.17, 15) is 14.3 Å². The van der Waals surface area contributed by atoms with Crippen molar-refractivity contribution in [2.24, 2.45) is 0 Å². The first-order valence-electron chi connectivity index (χ1n) is 13.2. The van der Waals surface area contributed by atoms with Crippen molar-refractivity contribution in [1.29, 1.82) is 0 Å². The fraction of sp³-hybridized carbons (Fsp3) is 0.345. The van der Waals surface area contributed by atoms with Crippen LogP contribution in [0.5, 0.6) is 5.75 Å². The van der Waals surface area contributed by atoms with Crippen molar-refractivity contribution in [1.82, 2.24) is 25.1 Å². The van der Waals surface area contributed by atoms with Crippen LogP contribution in [0.2, 0.25) is 0 Å². The van der Waals surface area contributed by atoms with E-state index in [1.807, 2.05) is 38.1 Å². The molecule has 0 aliphatic carbocycles. The molecule has 2 unspecified atom stereocenters. The monoisotopic (exact) mass is 530 g/mol. The van der Waals surface area contributed by atoms with Crippen molar-refractivity contribution >= 4 is 22.8 Å². The normalized spacial score (nSPS) is 16.2. The molecule has 4 aromatic rings. The summed E-state index contributed by atoms with van der Waals surface area (Å²) in [5.74, 6) is 0.794. The molecule has 1 amide bonds. The Balaban J connectivity index is 1.55. The number of hydrogen-bond donors (Lipinski definition) is 2. The number of aryl methyl sites for hydroxylation is 1. The first kappa shape index (κ1) is 26.3. The summed E-state index contributed by atoms with van der Waals surface area (Å²) < 4.78 is 20.3. The fourth-order valence-electron chi connectivity index (χ4n) is 5.05. The molecule has 9 nitrogen and oxygen atoms in total. The Labute approximate surface area is 226 Å². The smallest absolute Gasteiger partial charge is 0.407 e. The van der Waals surface area contributed by atoms with Gasteiger partial charge in [-0.05, 0) is 80.1 Å². The van der Waals surface area contributed by atoms with Crippen molar-refractivity contribution in [3.8, 4) is 16.9 Å². The van der Waals surface area contributed by atoms with Crippen molar-refractivity contribution in [3.05, 3.63) is 72.1 Å². The van der Waals surface area contributed by atoms with E-state index in [1.54, 1.807) is 12.1 Å². The molecule has 0 spiro atoms. The zero-order valence-corrected chi connectivity index (χ0v) is 22.0. The third-order valence-electron chi connectivity index (χ3n) is 7.08. The lowest BCUT2D eigenvalue weighted by Gasteiger charge is -2.38. The van der Waals surface area contributed by atoms with E-state index in [4.69, 9.17) is 4.74 Å². The number of ether oxygens (including phenoxy) is 1. The number of hydrogen-bond acceptors (Lipinski definition) is 7. The van der Waals surface area contributed by atoms with Crippen LogP contribution in [0.15, 0.2) is 54.9 Å². The van der Waals surface area contributed by atoms with Gasteiger partial charge < -0.3 is 20.1 Å². The number of fused-ring (bicyclic) bond motifs is 1. The largest absolute Gasteiger partial charge is 0.486 e. The van der Waals surface area contributed by atoms with Crippen LogP contribution >= 0.6 is 0 Å². The number of likely N-dealkylation sites (tertiary alicyclic amines) is 1. The van der Waals surface area contributed by atoms with Gasteiger partial charge in [0, 0.05) is 11.9 Å². The lowest BCUT2D eigenvalue weighted by atomic mass is 9.96. The van der Waals surface area contributed by atoms with Gasteiger partial charge in [-0.2, -0.15) is 10.2 Å². The summed E-state index contributed by atoms with van der Waals surface area (Å²) >= 11 is 0. The van der Waals surface area contributed by atoms with Gasteiger partial charge in [0.2, 0.25) is 0 Å². The molecule has 1 aliphatic rings. The summed E-state index contributed by atoms with van der Waals surface area (Å²) in [6, 6.07) is 13.6. The summed E-state index contributed by atoms with van der Waals surface area (Å²) in [7, 11) is 0. The second-order valence-corrected chi connectivity index (χ2v) is 9.72. The fourth-order valence-corrected chi connectivity index (χ4v) is 5.05. The van der Waals surface area contributed by atoms with Gasteiger partial charge in [0.05, 0.1) is 24.0 Å². The first-order chi connectivity index (χ1) is 18.9. The Morgan fingerprint density at radius 3 is 2.67 bits per heavy atom. The molecule has 39 heavy (non-hydrogen) atoms. The number of carboxylic acid groups (broad SMARTS) is 1. The van der Waals surface area contributed by atoms with E-state index in [-0.39, 0.29) is 18.0 Å². The summed E-state index contributed by atoms with van der Waals surface area (Å²) in [5.41, 5.74) is 3.81. The molecule has 1 saturated heterocycles. The minimum absolute atomic E-state index is 0.259. The molecule has 2 aromatic carbocycles. The van der Waals surface area contributed by atoms with Gasteiger partial charge in [0.15, 0.2) is 0 Å². The standard InChI is InChI=1S/C29H31FN6O3/c1-3-25(24-6-4-5-13-36(24)29(37)38)39-26-15-20(19-8-10-21(30)11-9-19)14-23-27(26)32-17-33-28(23)31-16-22-12-7-18(2)34-35-22/h7-12,14-15,17,24-25H,3-6,13,16H2,1-2H3,(H,37,38)(H,31,32,33). The highest BCUT2D eigenvalue weighted by Crippen LogP contribution is 2.36. The topological polar surface area (TPSA) is 113 Å². The van der Waals surface area contributed by atoms with E-state index in [0.717, 1.165) is 47.2 Å². The molecule has 0 radical (unpaired) electrons. The highest BCUT2D eigenvalue weighted by atomic mass is 19.1. The summed E-state index contributed by atoms with van der Waals surface area (Å²) in [6.45, 7) is 4.78. The number of halogens is 1. The molecular formula is C29H31FN6O3. The molecule has 202 valence electrons. The molecule has 1 aliphatic heterocycles. The molecular weight excluding hydrogens is 499 g/mol. The maximum Gasteiger partial charge on any atom is 0.407 e. The number of benzene rings is 2. The highest BCUT2D eigenvalue weighted by molar-refractivity contribution is 5.96. The molecule has 10 heteroatoms. The molecule has 2 N–H and O–H groups in total. The molecule has 2 atom stereocenters. The van der Waals surface area contributed by atoms with E-state index in [1.165, 1.54) is 23.4 Å². The zero-order chi connectivity index (χ0) is 27.4. The van der Waals surface area contributed by atoms with E-state index >= 15 is 0 Å². The number of aromatic nitrogens is 4. The van der Waals surface area contributed by atoms with Gasteiger partial charge in [-0.3, -0.25) is 0 Å². The van der Waals surface area contributed by atoms with Crippen LogP contribution in [0.25, 0.3) is 22.0 Å². The third kappa shape index (κ3) is 5.89. The van der Waals surface area contributed by atoms with Crippen LogP contribution < -0.4 is 10.1 Å². The second-order valence-electron chi connectivity index (χ2n) is 9.72. The predicted molar refractivity (Wildman–Crippen MR) is 146 cm³/mol. The lowest BCUT2D eigenvalue weighted by molar-refractivity contribution is 0.0409. The van der Waals surface area contributed by atoms with Gasteiger partial charge in [0.1, 0.15) is 35.3 Å². The van der Waals surface area contributed by atoms with Crippen LogP contribution in [-0.4, -0.2) is 55.0 Å². The minimum Gasteiger partial charge on any atom is -0.486 e. The third-order valence-corrected chi connectivity index (χ3v) is 7.08. The summed E-state index contributed by atoms with van der Waals surface area (Å²) in [5, 5.41) is 22.2. The van der Waals surface area contributed by atoms with Gasteiger partial charge >= 0.3 is 6.09 Å². The van der Waals surface area contributed by atoms with Gasteiger partial charge in [-0.25, -0.2) is 19.2 Å². The number of amides is 1. The SMILES string of the molecule is CCC(Oc1cc(-c2ccc(F)cc2)cc2c(NCc3ccc(C)nn3)ncnc12)C1CCCCN1C(=O)O. The number of anilines is 1. The van der Waals surface area contributed by atoms with Crippen molar-refractivity contribution in [3.63, 3.8) is 0 Å². The highest BCUT2D eigenvalue weighted by Gasteiger charge is 2.34. The Hall–Kier alpha value is -4.34. The number of rotatable bonds is 8. The van der Waals surface area contributed by atoms with Crippen LogP contribution in [0.1, 0.15) is 44.0 Å². The number of nitrogens with zero attached hydrogens (tertiary/aromatic N) is 5. The predicted octanol–water partition coefficient (Wildman–Crippen LogP) is 5.84. The maximum atomic E-state index is 13.7. The van der Waals surface area contributed by atoms with Crippen LogP contribution in [0.3, 0.4) is 0 Å². The van der Waals surface area contributed by atoms with Crippen molar-refractivity contribution in [2.75, 3.05) is 11.9 Å². The van der Waals surface area contributed by atoms with Crippen molar-refractivity contribution in [2.45, 2.75) is 58.2 Å². The average Bonchev–Trinajstić information content (AvgIpc) is 2.95. The lowest BCUT2D eigenvalue weighted by Crippen LogP contribution is -2.51. The van der Waals surface area contributed by atoms with Gasteiger partial charge in [-0.1, -0.05) is 19.1 Å². The molecule has 0 saturated carbocycles. The number of nitrogens with one attached hydrogen (secondary N) is 1. The van der Waals surface area contributed by atoms with E-state index in [0.29, 0.717) is 36.6 Å². The molecule has 2 aromatic heterocycles. The Kier molecular flexibility index (Phi) is 7.81. The summed E-state index contributed by atoms with van der Waals surface area (Å²) in [4.78, 5) is 22.5. The number of piperidine rings is 1. The van der Waals surface area contributed by atoms with E-state index in [2.05, 4.69) is 25.5 Å². The molecule has 5 rings (SSSR count). The van der Waals surface area contributed by atoms with Crippen LogP contribution in [0, 0.1) is 12.7 Å². The van der Waals surface area contributed by atoms with Crippen molar-refractivity contribution < 1.29 is 19.0 Å². The van der Waals surface area contributed by atoms with E-state index < -0.39 is 6.09 Å². The molecule has 0 bridgehead atoms.